The van der Waals surface area contributed by atoms with Crippen molar-refractivity contribution < 1.29 is 23.9 Å². The predicted molar refractivity (Wildman–Crippen MR) is 97.0 cm³/mol. The second-order valence-electron chi connectivity index (χ2n) is 7.57. The number of rotatable bonds is 3. The molecule has 1 saturated carbocycles. The van der Waals surface area contributed by atoms with Gasteiger partial charge in [0.25, 0.3) is 5.91 Å². The average Bonchev–Trinajstić information content (AvgIpc) is 2.83. The van der Waals surface area contributed by atoms with Crippen molar-refractivity contribution in [2.24, 2.45) is 5.92 Å². The number of ketones is 1. The van der Waals surface area contributed by atoms with Gasteiger partial charge in [-0.2, -0.15) is 0 Å². The van der Waals surface area contributed by atoms with E-state index in [4.69, 9.17) is 9.47 Å². The molecule has 0 radical (unpaired) electrons. The van der Waals surface area contributed by atoms with Crippen LogP contribution in [0.5, 0.6) is 11.5 Å². The van der Waals surface area contributed by atoms with Gasteiger partial charge in [0.2, 0.25) is 0 Å². The van der Waals surface area contributed by atoms with E-state index < -0.39 is 11.6 Å². The maximum atomic E-state index is 13.0. The molecule has 1 aromatic carbocycles. The first-order valence-corrected chi connectivity index (χ1v) is 9.58. The highest BCUT2D eigenvalue weighted by Gasteiger charge is 2.55. The highest BCUT2D eigenvalue weighted by atomic mass is 16.5. The van der Waals surface area contributed by atoms with Crippen LogP contribution < -0.4 is 14.8 Å². The molecule has 2 fully saturated rings. The first-order valence-electron chi connectivity index (χ1n) is 9.58. The van der Waals surface area contributed by atoms with Crippen LogP contribution in [-0.4, -0.2) is 47.9 Å². The molecule has 3 amide bonds. The molecule has 1 aromatic rings. The zero-order valence-electron chi connectivity index (χ0n) is 15.5. The van der Waals surface area contributed by atoms with Crippen LogP contribution >= 0.6 is 0 Å². The first-order chi connectivity index (χ1) is 13.0. The molecule has 7 nitrogen and oxygen atoms in total. The Kier molecular flexibility index (Phi) is 4.53. The van der Waals surface area contributed by atoms with E-state index >= 15 is 0 Å². The minimum Gasteiger partial charge on any atom is -0.490 e. The molecule has 2 atom stereocenters. The maximum Gasteiger partial charge on any atom is 0.325 e. The van der Waals surface area contributed by atoms with Crippen LogP contribution in [0.4, 0.5) is 4.79 Å². The van der Waals surface area contributed by atoms with Crippen molar-refractivity contribution in [3.63, 3.8) is 0 Å². The summed E-state index contributed by atoms with van der Waals surface area (Å²) in [6.07, 6.45) is 4.27. The molecule has 1 spiro atoms. The smallest absolute Gasteiger partial charge is 0.325 e. The maximum absolute atomic E-state index is 13.0. The van der Waals surface area contributed by atoms with Crippen LogP contribution in [0.15, 0.2) is 18.2 Å². The number of carbonyl (C=O) groups is 3. The van der Waals surface area contributed by atoms with Gasteiger partial charge >= 0.3 is 6.03 Å². The molecule has 2 heterocycles. The van der Waals surface area contributed by atoms with Gasteiger partial charge in [-0.1, -0.05) is 19.8 Å². The standard InChI is InChI=1S/C20H24N2O5/c1-13-5-2-3-8-20(13)18(24)22(19(25)21-20)12-15(23)14-6-7-16-17(11-14)27-10-4-9-26-16/h6-7,11,13H,2-5,8-10,12H2,1H3,(H,21,25)/t13-,20-/m1/s1. The SMILES string of the molecule is C[C@@H]1CCCC[C@@]12NC(=O)N(CC(=O)c1ccc3c(c1)OCCCO3)C2=O. The van der Waals surface area contributed by atoms with Gasteiger partial charge < -0.3 is 14.8 Å². The van der Waals surface area contributed by atoms with E-state index in [1.807, 2.05) is 6.92 Å². The molecule has 3 aliphatic rings. The van der Waals surface area contributed by atoms with Gasteiger partial charge in [-0.05, 0) is 37.0 Å². The number of amides is 3. The third kappa shape index (κ3) is 3.05. The van der Waals surface area contributed by atoms with E-state index in [1.165, 1.54) is 0 Å². The van der Waals surface area contributed by atoms with E-state index in [0.29, 0.717) is 36.7 Å². The van der Waals surface area contributed by atoms with E-state index in [9.17, 15) is 14.4 Å². The summed E-state index contributed by atoms with van der Waals surface area (Å²) in [6, 6.07) is 4.49. The number of urea groups is 1. The van der Waals surface area contributed by atoms with Crippen LogP contribution in [0.3, 0.4) is 0 Å². The molecule has 4 rings (SSSR count). The monoisotopic (exact) mass is 372 g/mol. The Morgan fingerprint density at radius 3 is 2.74 bits per heavy atom. The summed E-state index contributed by atoms with van der Waals surface area (Å²) in [5.74, 6) is 0.625. The molecule has 1 N–H and O–H groups in total. The summed E-state index contributed by atoms with van der Waals surface area (Å²) in [4.78, 5) is 39.2. The van der Waals surface area contributed by atoms with Gasteiger partial charge in [0, 0.05) is 12.0 Å². The molecule has 0 bridgehead atoms. The number of carbonyl (C=O) groups excluding carboxylic acids is 3. The summed E-state index contributed by atoms with van der Waals surface area (Å²) < 4.78 is 11.2. The molecular weight excluding hydrogens is 348 g/mol. The van der Waals surface area contributed by atoms with E-state index in [2.05, 4.69) is 5.32 Å². The van der Waals surface area contributed by atoms with Crippen LogP contribution in [0, 0.1) is 5.92 Å². The number of Topliss-reactive ketones (excluding diaryl/α,β-unsaturated/α-hetero) is 1. The molecule has 2 aliphatic heterocycles. The Bertz CT molecular complexity index is 793. The van der Waals surface area contributed by atoms with Crippen LogP contribution in [-0.2, 0) is 4.79 Å². The van der Waals surface area contributed by atoms with Crippen molar-refractivity contribution in [1.82, 2.24) is 10.2 Å². The van der Waals surface area contributed by atoms with Gasteiger partial charge in [-0.15, -0.1) is 0 Å². The Morgan fingerprint density at radius 2 is 1.96 bits per heavy atom. The molecule has 1 saturated heterocycles. The molecular formula is C20H24N2O5. The summed E-state index contributed by atoms with van der Waals surface area (Å²) in [5, 5.41) is 2.87. The lowest BCUT2D eigenvalue weighted by Gasteiger charge is -2.36. The number of nitrogens with zero attached hydrogens (tertiary/aromatic N) is 1. The minimum atomic E-state index is -0.847. The largest absolute Gasteiger partial charge is 0.490 e. The Balaban J connectivity index is 1.52. The lowest BCUT2D eigenvalue weighted by molar-refractivity contribution is -0.133. The number of hydrogen-bond acceptors (Lipinski definition) is 5. The zero-order valence-corrected chi connectivity index (χ0v) is 15.5. The number of nitrogens with one attached hydrogen (secondary N) is 1. The van der Waals surface area contributed by atoms with Crippen LogP contribution in [0.25, 0.3) is 0 Å². The number of benzene rings is 1. The Hall–Kier alpha value is -2.57. The molecule has 144 valence electrons. The lowest BCUT2D eigenvalue weighted by Crippen LogP contribution is -2.54. The summed E-state index contributed by atoms with van der Waals surface area (Å²) in [6.45, 7) is 2.83. The fourth-order valence-electron chi connectivity index (χ4n) is 4.21. The van der Waals surface area contributed by atoms with Crippen LogP contribution in [0.1, 0.15) is 49.4 Å². The molecule has 7 heteroatoms. The third-order valence-electron chi connectivity index (χ3n) is 5.87. The van der Waals surface area contributed by atoms with Crippen molar-refractivity contribution in [3.05, 3.63) is 23.8 Å². The number of ether oxygens (including phenoxy) is 2. The fraction of sp³-hybridized carbons (Fsp3) is 0.550. The lowest BCUT2D eigenvalue weighted by atomic mass is 9.73. The second-order valence-corrected chi connectivity index (χ2v) is 7.57. The van der Waals surface area contributed by atoms with Gasteiger partial charge in [-0.3, -0.25) is 14.5 Å². The van der Waals surface area contributed by atoms with Crippen molar-refractivity contribution in [3.8, 4) is 11.5 Å². The number of imide groups is 1. The third-order valence-corrected chi connectivity index (χ3v) is 5.87. The molecule has 0 unspecified atom stereocenters. The number of hydrogen-bond donors (Lipinski definition) is 1. The normalized spacial score (nSPS) is 27.4. The Labute approximate surface area is 158 Å². The van der Waals surface area contributed by atoms with E-state index in [-0.39, 0.29) is 24.2 Å². The topological polar surface area (TPSA) is 84.9 Å². The van der Waals surface area contributed by atoms with Crippen molar-refractivity contribution in [2.75, 3.05) is 19.8 Å². The second kappa shape index (κ2) is 6.87. The average molecular weight is 372 g/mol. The predicted octanol–water partition coefficient (Wildman–Crippen LogP) is 2.53. The quantitative estimate of drug-likeness (QED) is 0.651. The van der Waals surface area contributed by atoms with Gasteiger partial charge in [0.1, 0.15) is 5.54 Å². The van der Waals surface area contributed by atoms with E-state index in [0.717, 1.165) is 30.6 Å². The molecule has 27 heavy (non-hydrogen) atoms. The summed E-state index contributed by atoms with van der Waals surface area (Å²) in [5.41, 5.74) is -0.446. The van der Waals surface area contributed by atoms with Crippen LogP contribution in [0.2, 0.25) is 0 Å². The highest BCUT2D eigenvalue weighted by Crippen LogP contribution is 2.38. The van der Waals surface area contributed by atoms with Gasteiger partial charge in [0.15, 0.2) is 17.3 Å². The molecule has 0 aromatic heterocycles. The zero-order chi connectivity index (χ0) is 19.0. The first kappa shape index (κ1) is 17.8. The summed E-state index contributed by atoms with van der Waals surface area (Å²) >= 11 is 0. The fourth-order valence-corrected chi connectivity index (χ4v) is 4.21. The van der Waals surface area contributed by atoms with Gasteiger partial charge in [0.05, 0.1) is 19.8 Å². The summed E-state index contributed by atoms with van der Waals surface area (Å²) in [7, 11) is 0. The number of fused-ring (bicyclic) bond motifs is 1. The van der Waals surface area contributed by atoms with E-state index in [1.54, 1.807) is 18.2 Å². The van der Waals surface area contributed by atoms with Crippen molar-refractivity contribution in [2.45, 2.75) is 44.6 Å². The highest BCUT2D eigenvalue weighted by molar-refractivity contribution is 6.11. The van der Waals surface area contributed by atoms with Crippen molar-refractivity contribution >= 4 is 17.7 Å². The Morgan fingerprint density at radius 1 is 1.19 bits per heavy atom. The minimum absolute atomic E-state index is 0.0702. The van der Waals surface area contributed by atoms with Crippen molar-refractivity contribution in [1.29, 1.82) is 0 Å². The molecule has 1 aliphatic carbocycles. The van der Waals surface area contributed by atoms with Gasteiger partial charge in [-0.25, -0.2) is 4.79 Å².